The summed E-state index contributed by atoms with van der Waals surface area (Å²) in [6.07, 6.45) is 3.95. The van der Waals surface area contributed by atoms with E-state index in [-0.39, 0.29) is 17.8 Å². The minimum Gasteiger partial charge on any atom is -0.368 e. The molecule has 0 fully saturated rings. The molecular weight excluding hydrogens is 266 g/mol. The van der Waals surface area contributed by atoms with Crippen molar-refractivity contribution in [2.75, 3.05) is 11.5 Å². The first-order valence-electron chi connectivity index (χ1n) is 7.37. The second-order valence-electron chi connectivity index (χ2n) is 5.14. The summed E-state index contributed by atoms with van der Waals surface area (Å²) in [7, 11) is 0. The summed E-state index contributed by atoms with van der Waals surface area (Å²) >= 11 is 0. The molecule has 5 N–H and O–H groups in total. The first-order chi connectivity index (χ1) is 10.0. The smallest absolute Gasteiger partial charge is 0.225 e. The second-order valence-corrected chi connectivity index (χ2v) is 5.14. The van der Waals surface area contributed by atoms with Gasteiger partial charge in [-0.15, -0.1) is 0 Å². The molecule has 0 radical (unpaired) electrons. The van der Waals surface area contributed by atoms with E-state index in [1.54, 1.807) is 0 Å². The summed E-state index contributed by atoms with van der Waals surface area (Å²) in [6.45, 7) is 6.23. The lowest BCUT2D eigenvalue weighted by molar-refractivity contribution is 0.608. The SMILES string of the molecule is CCCCC(c1nc(N)nc(N)n1)c1[nH]c(CC)nc1C. The van der Waals surface area contributed by atoms with Crippen molar-refractivity contribution in [2.24, 2.45) is 0 Å². The van der Waals surface area contributed by atoms with Crippen LogP contribution in [-0.2, 0) is 6.42 Å². The molecule has 0 aliphatic heterocycles. The average Bonchev–Trinajstić information content (AvgIpc) is 2.80. The molecule has 21 heavy (non-hydrogen) atoms. The highest BCUT2D eigenvalue weighted by atomic mass is 15.1. The minimum atomic E-state index is 0.0188. The van der Waals surface area contributed by atoms with Crippen LogP contribution >= 0.6 is 0 Å². The van der Waals surface area contributed by atoms with E-state index in [0.717, 1.165) is 42.9 Å². The van der Waals surface area contributed by atoms with E-state index in [0.29, 0.717) is 5.82 Å². The van der Waals surface area contributed by atoms with Crippen LogP contribution in [0.3, 0.4) is 0 Å². The molecule has 0 aliphatic rings. The fraction of sp³-hybridized carbons (Fsp3) is 0.571. The van der Waals surface area contributed by atoms with Crippen molar-refractivity contribution in [1.82, 2.24) is 24.9 Å². The van der Waals surface area contributed by atoms with Gasteiger partial charge in [-0.1, -0.05) is 26.7 Å². The Bertz CT molecular complexity index is 585. The van der Waals surface area contributed by atoms with Gasteiger partial charge in [0.15, 0.2) is 0 Å². The zero-order valence-electron chi connectivity index (χ0n) is 12.8. The molecule has 7 heteroatoms. The standard InChI is InChI=1S/C14H23N7/c1-4-6-7-9(11-8(3)17-10(5-2)18-11)12-19-13(15)21-14(16)20-12/h9H,4-7H2,1-3H3,(H,17,18)(H4,15,16,19,20,21). The number of aromatic amines is 1. The summed E-state index contributed by atoms with van der Waals surface area (Å²) in [6, 6.07) is 0. The van der Waals surface area contributed by atoms with Crippen LogP contribution in [0.1, 0.15) is 62.1 Å². The van der Waals surface area contributed by atoms with Gasteiger partial charge in [0.2, 0.25) is 11.9 Å². The number of hydrogen-bond donors (Lipinski definition) is 3. The number of imidazole rings is 1. The zero-order chi connectivity index (χ0) is 15.4. The van der Waals surface area contributed by atoms with E-state index >= 15 is 0 Å². The number of aryl methyl sites for hydroxylation is 2. The largest absolute Gasteiger partial charge is 0.368 e. The van der Waals surface area contributed by atoms with Crippen molar-refractivity contribution in [3.05, 3.63) is 23.0 Å². The van der Waals surface area contributed by atoms with Gasteiger partial charge in [0.1, 0.15) is 11.6 Å². The van der Waals surface area contributed by atoms with Crippen molar-refractivity contribution < 1.29 is 0 Å². The van der Waals surface area contributed by atoms with Crippen LogP contribution in [-0.4, -0.2) is 24.9 Å². The summed E-state index contributed by atoms with van der Waals surface area (Å²) in [5, 5.41) is 0. The Kier molecular flexibility index (Phi) is 4.72. The molecule has 114 valence electrons. The Balaban J connectivity index is 2.43. The molecule has 0 aliphatic carbocycles. The van der Waals surface area contributed by atoms with Crippen molar-refractivity contribution in [2.45, 2.75) is 52.4 Å². The normalized spacial score (nSPS) is 12.5. The maximum Gasteiger partial charge on any atom is 0.225 e. The Morgan fingerprint density at radius 2 is 1.71 bits per heavy atom. The van der Waals surface area contributed by atoms with Crippen LogP contribution in [0.4, 0.5) is 11.9 Å². The van der Waals surface area contributed by atoms with Gasteiger partial charge in [0, 0.05) is 12.1 Å². The number of rotatable bonds is 6. The second kappa shape index (κ2) is 6.51. The highest BCUT2D eigenvalue weighted by molar-refractivity contribution is 5.31. The van der Waals surface area contributed by atoms with E-state index in [2.05, 4.69) is 38.8 Å². The monoisotopic (exact) mass is 289 g/mol. The molecular formula is C14H23N7. The number of nitrogens with zero attached hydrogens (tertiary/aromatic N) is 4. The topological polar surface area (TPSA) is 119 Å². The molecule has 0 saturated carbocycles. The van der Waals surface area contributed by atoms with Gasteiger partial charge in [-0.05, 0) is 13.3 Å². The van der Waals surface area contributed by atoms with Crippen molar-refractivity contribution >= 4 is 11.9 Å². The highest BCUT2D eigenvalue weighted by Gasteiger charge is 2.22. The summed E-state index contributed by atoms with van der Waals surface area (Å²) in [4.78, 5) is 20.3. The number of hydrogen-bond acceptors (Lipinski definition) is 6. The third-order valence-electron chi connectivity index (χ3n) is 3.50. The first kappa shape index (κ1) is 15.2. The number of nitrogen functional groups attached to an aromatic ring is 2. The van der Waals surface area contributed by atoms with Crippen molar-refractivity contribution in [3.63, 3.8) is 0 Å². The Hall–Kier alpha value is -2.18. The molecule has 7 nitrogen and oxygen atoms in total. The van der Waals surface area contributed by atoms with Crippen LogP contribution in [0.15, 0.2) is 0 Å². The third kappa shape index (κ3) is 3.48. The molecule has 2 aromatic heterocycles. The fourth-order valence-electron chi connectivity index (χ4n) is 2.44. The van der Waals surface area contributed by atoms with Crippen LogP contribution < -0.4 is 11.5 Å². The van der Waals surface area contributed by atoms with Crippen molar-refractivity contribution in [3.8, 4) is 0 Å². The molecule has 0 spiro atoms. The predicted octanol–water partition coefficient (Wildman–Crippen LogP) is 1.95. The van der Waals surface area contributed by atoms with Crippen LogP contribution in [0.25, 0.3) is 0 Å². The van der Waals surface area contributed by atoms with Gasteiger partial charge in [-0.25, -0.2) is 4.98 Å². The maximum absolute atomic E-state index is 5.71. The lowest BCUT2D eigenvalue weighted by atomic mass is 9.96. The van der Waals surface area contributed by atoms with Gasteiger partial charge in [-0.2, -0.15) is 15.0 Å². The molecule has 1 unspecified atom stereocenters. The number of nitrogens with two attached hydrogens (primary N) is 2. The number of nitrogens with one attached hydrogen (secondary N) is 1. The van der Waals surface area contributed by atoms with E-state index in [4.69, 9.17) is 11.5 Å². The van der Waals surface area contributed by atoms with Crippen LogP contribution in [0.2, 0.25) is 0 Å². The highest BCUT2D eigenvalue weighted by Crippen LogP contribution is 2.29. The number of unbranched alkanes of at least 4 members (excludes halogenated alkanes) is 1. The Labute approximate surface area is 124 Å². The van der Waals surface area contributed by atoms with E-state index in [1.807, 2.05) is 6.92 Å². The minimum absolute atomic E-state index is 0.0188. The van der Waals surface area contributed by atoms with E-state index < -0.39 is 0 Å². The third-order valence-corrected chi connectivity index (χ3v) is 3.50. The van der Waals surface area contributed by atoms with Crippen LogP contribution in [0, 0.1) is 6.92 Å². The molecule has 0 bridgehead atoms. The molecule has 1 atom stereocenters. The molecule has 0 aromatic carbocycles. The summed E-state index contributed by atoms with van der Waals surface area (Å²) in [5.74, 6) is 1.92. The van der Waals surface area contributed by atoms with Gasteiger partial charge in [-0.3, -0.25) is 0 Å². The average molecular weight is 289 g/mol. The summed E-state index contributed by atoms with van der Waals surface area (Å²) in [5.41, 5.74) is 13.4. The lowest BCUT2D eigenvalue weighted by Gasteiger charge is -2.15. The van der Waals surface area contributed by atoms with E-state index in [9.17, 15) is 0 Å². The molecule has 2 aromatic rings. The maximum atomic E-state index is 5.71. The lowest BCUT2D eigenvalue weighted by Crippen LogP contribution is -2.13. The molecule has 2 heterocycles. The Morgan fingerprint density at radius 1 is 1.05 bits per heavy atom. The summed E-state index contributed by atoms with van der Waals surface area (Å²) < 4.78 is 0. The molecule has 2 rings (SSSR count). The Morgan fingerprint density at radius 3 is 2.24 bits per heavy atom. The predicted molar refractivity (Wildman–Crippen MR) is 82.7 cm³/mol. The number of H-pyrrole nitrogens is 1. The number of aromatic nitrogens is 5. The van der Waals surface area contributed by atoms with Crippen molar-refractivity contribution in [1.29, 1.82) is 0 Å². The molecule has 0 amide bonds. The quantitative estimate of drug-likeness (QED) is 0.747. The first-order valence-corrected chi connectivity index (χ1v) is 7.37. The van der Waals surface area contributed by atoms with Gasteiger partial charge in [0.25, 0.3) is 0 Å². The zero-order valence-corrected chi connectivity index (χ0v) is 12.8. The van der Waals surface area contributed by atoms with Gasteiger partial charge >= 0.3 is 0 Å². The number of anilines is 2. The van der Waals surface area contributed by atoms with Crippen LogP contribution in [0.5, 0.6) is 0 Å². The van der Waals surface area contributed by atoms with Gasteiger partial charge in [0.05, 0.1) is 11.6 Å². The molecule has 0 saturated heterocycles. The van der Waals surface area contributed by atoms with E-state index in [1.165, 1.54) is 0 Å². The van der Waals surface area contributed by atoms with Gasteiger partial charge < -0.3 is 16.5 Å². The fourth-order valence-corrected chi connectivity index (χ4v) is 2.44.